The van der Waals surface area contributed by atoms with Crippen molar-refractivity contribution in [2.24, 2.45) is 0 Å². The van der Waals surface area contributed by atoms with E-state index in [2.05, 4.69) is 15.4 Å². The van der Waals surface area contributed by atoms with Crippen molar-refractivity contribution < 1.29 is 14.3 Å². The molecule has 0 radical (unpaired) electrons. The Morgan fingerprint density at radius 3 is 2.81 bits per heavy atom. The number of hydrogen-bond acceptors (Lipinski definition) is 6. The lowest BCUT2D eigenvalue weighted by atomic mass is 10.1. The largest absolute Gasteiger partial charge is 0.496 e. The summed E-state index contributed by atoms with van der Waals surface area (Å²) < 4.78 is 13.5. The van der Waals surface area contributed by atoms with Gasteiger partial charge in [-0.05, 0) is 55.0 Å². The molecule has 1 amide bonds. The van der Waals surface area contributed by atoms with Gasteiger partial charge < -0.3 is 14.8 Å². The Morgan fingerprint density at radius 2 is 2.00 bits per heavy atom. The molecule has 9 heteroatoms. The maximum absolute atomic E-state index is 13.1. The predicted molar refractivity (Wildman–Crippen MR) is 141 cm³/mol. The topological polar surface area (TPSA) is 81.5 Å². The number of methoxy groups -OCH3 is 1. The van der Waals surface area contributed by atoms with Crippen molar-refractivity contribution >= 4 is 40.2 Å². The van der Waals surface area contributed by atoms with Gasteiger partial charge in [0.25, 0.3) is 5.91 Å². The number of benzene rings is 2. The van der Waals surface area contributed by atoms with Crippen molar-refractivity contribution in [2.75, 3.05) is 7.11 Å². The Kier molecular flexibility index (Phi) is 6.64. The fourth-order valence-electron chi connectivity index (χ4n) is 4.07. The molecule has 3 heterocycles. The maximum atomic E-state index is 13.1. The van der Waals surface area contributed by atoms with E-state index in [0.29, 0.717) is 28.9 Å². The van der Waals surface area contributed by atoms with E-state index in [1.807, 2.05) is 66.3 Å². The van der Waals surface area contributed by atoms with Crippen LogP contribution in [0.25, 0.3) is 17.0 Å². The molecule has 36 heavy (non-hydrogen) atoms. The van der Waals surface area contributed by atoms with Crippen LogP contribution in [0, 0.1) is 0 Å². The smallest absolute Gasteiger partial charge is 0.276 e. The number of nitrogens with one attached hydrogen (secondary N) is 1. The number of ether oxygens (including phenoxy) is 2. The van der Waals surface area contributed by atoms with Crippen molar-refractivity contribution in [1.82, 2.24) is 25.0 Å². The van der Waals surface area contributed by atoms with Crippen LogP contribution in [-0.4, -0.2) is 37.8 Å². The zero-order valence-electron chi connectivity index (χ0n) is 20.0. The zero-order valence-corrected chi connectivity index (χ0v) is 20.8. The van der Waals surface area contributed by atoms with Crippen LogP contribution >= 0.6 is 12.2 Å². The summed E-state index contributed by atoms with van der Waals surface area (Å²) in [6, 6.07) is 15.4. The molecule has 1 N–H and O–H groups in total. The minimum Gasteiger partial charge on any atom is -0.496 e. The highest BCUT2D eigenvalue weighted by atomic mass is 32.1. The van der Waals surface area contributed by atoms with Crippen LogP contribution in [0.3, 0.4) is 0 Å². The summed E-state index contributed by atoms with van der Waals surface area (Å²) in [5.41, 5.74) is 3.80. The number of pyridine rings is 1. The van der Waals surface area contributed by atoms with E-state index in [1.54, 1.807) is 30.5 Å². The SMILES string of the molecule is CCn1cc(CN2C(=O)/C(=C\c3ccc(OC)c(COc4cccc5cccnc45)c3)NC2=S)cn1. The number of aryl methyl sites for hydroxylation is 1. The minimum atomic E-state index is -0.181. The van der Waals surface area contributed by atoms with Gasteiger partial charge in [-0.2, -0.15) is 5.10 Å². The fourth-order valence-corrected chi connectivity index (χ4v) is 4.33. The summed E-state index contributed by atoms with van der Waals surface area (Å²) >= 11 is 5.42. The van der Waals surface area contributed by atoms with Crippen LogP contribution in [0.1, 0.15) is 23.6 Å². The van der Waals surface area contributed by atoms with Crippen LogP contribution in [0.4, 0.5) is 0 Å². The number of carbonyl (C=O) groups is 1. The third kappa shape index (κ3) is 4.78. The van der Waals surface area contributed by atoms with Crippen molar-refractivity contribution in [3.8, 4) is 11.5 Å². The second-order valence-electron chi connectivity index (χ2n) is 8.27. The van der Waals surface area contributed by atoms with Gasteiger partial charge in [-0.15, -0.1) is 0 Å². The van der Waals surface area contributed by atoms with E-state index in [-0.39, 0.29) is 12.5 Å². The third-order valence-electron chi connectivity index (χ3n) is 5.91. The predicted octanol–water partition coefficient (Wildman–Crippen LogP) is 4.30. The number of rotatable bonds is 8. The van der Waals surface area contributed by atoms with Crippen molar-refractivity contribution in [2.45, 2.75) is 26.6 Å². The molecule has 1 aliphatic heterocycles. The molecule has 182 valence electrons. The first-order valence-corrected chi connectivity index (χ1v) is 12.0. The normalized spacial score (nSPS) is 14.5. The Hall–Kier alpha value is -4.24. The van der Waals surface area contributed by atoms with Gasteiger partial charge in [-0.3, -0.25) is 19.4 Å². The van der Waals surface area contributed by atoms with Gasteiger partial charge in [0.2, 0.25) is 0 Å². The highest BCUT2D eigenvalue weighted by Crippen LogP contribution is 2.27. The summed E-state index contributed by atoms with van der Waals surface area (Å²) in [6.45, 7) is 3.42. The van der Waals surface area contributed by atoms with Crippen molar-refractivity contribution in [3.63, 3.8) is 0 Å². The second-order valence-corrected chi connectivity index (χ2v) is 8.66. The van der Waals surface area contributed by atoms with Gasteiger partial charge >= 0.3 is 0 Å². The molecule has 0 bridgehead atoms. The molecule has 2 aromatic heterocycles. The molecule has 0 atom stereocenters. The average molecular weight is 500 g/mol. The standard InChI is InChI=1S/C27H25N5O3S/c1-3-31-15-19(14-29-31)16-32-26(33)22(30-27(32)36)13-18-9-10-23(34-2)21(12-18)17-35-24-8-4-6-20-7-5-11-28-25(20)24/h4-15H,3,16-17H2,1-2H3,(H,30,36)/b22-13+. The fraction of sp³-hybridized carbons (Fsp3) is 0.185. The highest BCUT2D eigenvalue weighted by molar-refractivity contribution is 7.80. The molecular formula is C27H25N5O3S. The van der Waals surface area contributed by atoms with Crippen LogP contribution in [0.15, 0.2) is 72.8 Å². The van der Waals surface area contributed by atoms with Gasteiger partial charge in [0.1, 0.15) is 29.3 Å². The molecule has 1 fully saturated rings. The summed E-state index contributed by atoms with van der Waals surface area (Å²) in [6.07, 6.45) is 7.20. The van der Waals surface area contributed by atoms with E-state index >= 15 is 0 Å². The number of amides is 1. The van der Waals surface area contributed by atoms with E-state index in [4.69, 9.17) is 21.7 Å². The van der Waals surface area contributed by atoms with Crippen LogP contribution < -0.4 is 14.8 Å². The monoisotopic (exact) mass is 499 g/mol. The van der Waals surface area contributed by atoms with Crippen molar-refractivity contribution in [1.29, 1.82) is 0 Å². The van der Waals surface area contributed by atoms with Crippen molar-refractivity contribution in [3.05, 3.63) is 89.5 Å². The van der Waals surface area contributed by atoms with E-state index in [0.717, 1.165) is 34.1 Å². The number of fused-ring (bicyclic) bond motifs is 1. The molecule has 4 aromatic rings. The average Bonchev–Trinajstić information content (AvgIpc) is 3.47. The number of hydrogen-bond donors (Lipinski definition) is 1. The lowest BCUT2D eigenvalue weighted by molar-refractivity contribution is -0.122. The van der Waals surface area contributed by atoms with Gasteiger partial charge in [0, 0.05) is 35.5 Å². The summed E-state index contributed by atoms with van der Waals surface area (Å²) in [5, 5.41) is 8.69. The molecule has 2 aromatic carbocycles. The van der Waals surface area contributed by atoms with E-state index in [9.17, 15) is 4.79 Å². The van der Waals surface area contributed by atoms with Gasteiger partial charge in [-0.25, -0.2) is 0 Å². The van der Waals surface area contributed by atoms with Crippen LogP contribution in [0.5, 0.6) is 11.5 Å². The molecule has 1 aliphatic rings. The Balaban J connectivity index is 1.35. The zero-order chi connectivity index (χ0) is 25.1. The maximum Gasteiger partial charge on any atom is 0.276 e. The van der Waals surface area contributed by atoms with Gasteiger partial charge in [-0.1, -0.05) is 24.3 Å². The molecule has 0 unspecified atom stereocenters. The first kappa shape index (κ1) is 23.5. The molecular weight excluding hydrogens is 474 g/mol. The third-order valence-corrected chi connectivity index (χ3v) is 6.23. The lowest BCUT2D eigenvalue weighted by Crippen LogP contribution is -2.29. The van der Waals surface area contributed by atoms with Crippen LogP contribution in [-0.2, 0) is 24.5 Å². The van der Waals surface area contributed by atoms with Gasteiger partial charge in [0.05, 0.1) is 19.9 Å². The lowest BCUT2D eigenvalue weighted by Gasteiger charge is -2.13. The molecule has 0 saturated carbocycles. The van der Waals surface area contributed by atoms with E-state index in [1.165, 1.54) is 0 Å². The summed E-state index contributed by atoms with van der Waals surface area (Å²) in [4.78, 5) is 19.1. The molecule has 8 nitrogen and oxygen atoms in total. The Labute approximate surface area is 214 Å². The van der Waals surface area contributed by atoms with Gasteiger partial charge in [0.15, 0.2) is 5.11 Å². The number of thiocarbonyl (C=S) groups is 1. The molecule has 0 aliphatic carbocycles. The number of nitrogens with zero attached hydrogens (tertiary/aromatic N) is 4. The van der Waals surface area contributed by atoms with E-state index < -0.39 is 0 Å². The number of carbonyl (C=O) groups excluding carboxylic acids is 1. The molecule has 0 spiro atoms. The number of para-hydroxylation sites is 1. The van der Waals surface area contributed by atoms with Crippen LogP contribution in [0.2, 0.25) is 0 Å². The first-order valence-electron chi connectivity index (χ1n) is 11.5. The summed E-state index contributed by atoms with van der Waals surface area (Å²) in [7, 11) is 1.62. The molecule has 1 saturated heterocycles. The Morgan fingerprint density at radius 1 is 1.14 bits per heavy atom. The quantitative estimate of drug-likeness (QED) is 0.286. The molecule has 5 rings (SSSR count). The summed E-state index contributed by atoms with van der Waals surface area (Å²) in [5.74, 6) is 1.21. The Bertz CT molecular complexity index is 1470. The second kappa shape index (κ2) is 10.2. The first-order chi connectivity index (χ1) is 17.6. The highest BCUT2D eigenvalue weighted by Gasteiger charge is 2.31. The minimum absolute atomic E-state index is 0.181. The number of aromatic nitrogens is 3.